The van der Waals surface area contributed by atoms with Gasteiger partial charge >= 0.3 is 17.4 Å². The average Bonchev–Trinajstić information content (AvgIpc) is 2.83. The number of rotatable bonds is 5. The van der Waals surface area contributed by atoms with Crippen LogP contribution in [-0.4, -0.2) is 31.7 Å². The minimum atomic E-state index is -4.61. The number of hydrogen-bond donors (Lipinski definition) is 1. The van der Waals surface area contributed by atoms with Crippen LogP contribution in [0.1, 0.15) is 11.5 Å². The number of methoxy groups -OCH3 is 2. The highest BCUT2D eigenvalue weighted by Crippen LogP contribution is 2.46. The van der Waals surface area contributed by atoms with Crippen molar-refractivity contribution < 1.29 is 32.2 Å². The zero-order valence-corrected chi connectivity index (χ0v) is 19.8. The number of carbonyl (C=O) groups is 2. The lowest BCUT2D eigenvalue weighted by atomic mass is 9.81. The molecular weight excluding hydrogens is 507 g/mol. The van der Waals surface area contributed by atoms with Crippen LogP contribution >= 0.6 is 23.4 Å². The predicted octanol–water partition coefficient (Wildman–Crippen LogP) is 4.85. The molecule has 35 heavy (non-hydrogen) atoms. The number of thioether (sulfide) groups is 1. The van der Waals surface area contributed by atoms with Crippen LogP contribution in [0.25, 0.3) is 0 Å². The molecule has 0 saturated carbocycles. The van der Waals surface area contributed by atoms with Gasteiger partial charge in [0.25, 0.3) is 0 Å². The zero-order valence-electron chi connectivity index (χ0n) is 18.2. The van der Waals surface area contributed by atoms with E-state index in [2.05, 4.69) is 0 Å². The summed E-state index contributed by atoms with van der Waals surface area (Å²) in [6, 6.07) is 13.6. The fraction of sp³-hybridized carbons (Fsp3) is 0.174. The normalized spacial score (nSPS) is 16.1. The third kappa shape index (κ3) is 5.23. The minimum Gasteiger partial charge on any atom is -0.466 e. The van der Waals surface area contributed by atoms with Gasteiger partial charge in [-0.15, -0.1) is 0 Å². The molecule has 2 N–H and O–H groups in total. The number of alkyl halides is 3. The number of esters is 2. The summed E-state index contributed by atoms with van der Waals surface area (Å²) < 4.78 is 48.8. The Labute approximate surface area is 207 Å². The Kier molecular flexibility index (Phi) is 7.67. The van der Waals surface area contributed by atoms with Gasteiger partial charge in [-0.1, -0.05) is 41.9 Å². The van der Waals surface area contributed by atoms with Gasteiger partial charge < -0.3 is 15.2 Å². The van der Waals surface area contributed by atoms with Crippen molar-refractivity contribution in [1.29, 1.82) is 5.26 Å². The molecule has 1 heterocycles. The number of benzene rings is 2. The maximum atomic E-state index is 13.0. The Morgan fingerprint density at radius 1 is 1.11 bits per heavy atom. The van der Waals surface area contributed by atoms with Crippen molar-refractivity contribution in [3.8, 4) is 6.07 Å². The maximum Gasteiger partial charge on any atom is 0.446 e. The van der Waals surface area contributed by atoms with Crippen LogP contribution in [0.15, 0.2) is 76.1 Å². The van der Waals surface area contributed by atoms with Crippen molar-refractivity contribution in [2.45, 2.75) is 16.3 Å². The van der Waals surface area contributed by atoms with Gasteiger partial charge in [0.1, 0.15) is 11.5 Å². The second-order valence-electron chi connectivity index (χ2n) is 7.00. The van der Waals surface area contributed by atoms with E-state index in [1.165, 1.54) is 6.07 Å². The molecule has 1 atom stereocenters. The van der Waals surface area contributed by atoms with E-state index in [0.29, 0.717) is 5.56 Å². The number of hydrogen-bond acceptors (Lipinski definition) is 8. The number of allylic oxidation sites excluding steroid dienone is 1. The van der Waals surface area contributed by atoms with Crippen LogP contribution in [0.2, 0.25) is 5.02 Å². The van der Waals surface area contributed by atoms with Gasteiger partial charge in [0, 0.05) is 4.90 Å². The number of carbonyl (C=O) groups excluding carboxylic acids is 2. The van der Waals surface area contributed by atoms with E-state index in [4.69, 9.17) is 26.8 Å². The molecule has 3 rings (SSSR count). The maximum absolute atomic E-state index is 13.0. The molecule has 1 unspecified atom stereocenters. The summed E-state index contributed by atoms with van der Waals surface area (Å²) in [5, 5.41) is 9.90. The van der Waals surface area contributed by atoms with Crippen LogP contribution in [0.3, 0.4) is 0 Å². The highest BCUT2D eigenvalue weighted by molar-refractivity contribution is 8.00. The highest BCUT2D eigenvalue weighted by Gasteiger charge is 2.43. The summed E-state index contributed by atoms with van der Waals surface area (Å²) >= 11 is 5.89. The van der Waals surface area contributed by atoms with Crippen LogP contribution in [0, 0.1) is 11.3 Å². The van der Waals surface area contributed by atoms with Gasteiger partial charge in [0.05, 0.1) is 48.1 Å². The Balaban J connectivity index is 2.40. The molecule has 1 aliphatic heterocycles. The smallest absolute Gasteiger partial charge is 0.446 e. The number of halogens is 4. The van der Waals surface area contributed by atoms with Gasteiger partial charge in [-0.2, -0.15) is 18.4 Å². The zero-order chi connectivity index (χ0) is 25.9. The molecule has 0 saturated heterocycles. The summed E-state index contributed by atoms with van der Waals surface area (Å²) in [7, 11) is 2.13. The Hall–Kier alpha value is -3.62. The number of anilines is 1. The first kappa shape index (κ1) is 26.0. The lowest BCUT2D eigenvalue weighted by Crippen LogP contribution is -2.41. The first-order valence-corrected chi connectivity index (χ1v) is 10.9. The van der Waals surface area contributed by atoms with E-state index in [9.17, 15) is 28.0 Å². The van der Waals surface area contributed by atoms with Crippen molar-refractivity contribution in [3.63, 3.8) is 0 Å². The van der Waals surface area contributed by atoms with Gasteiger partial charge in [-0.3, -0.25) is 4.90 Å². The first-order valence-electron chi connectivity index (χ1n) is 9.75. The molecule has 0 aliphatic carbocycles. The van der Waals surface area contributed by atoms with E-state index in [0.717, 1.165) is 31.3 Å². The molecule has 0 aromatic heterocycles. The predicted molar refractivity (Wildman–Crippen MR) is 123 cm³/mol. The molecule has 12 heteroatoms. The molecule has 2 aromatic carbocycles. The van der Waals surface area contributed by atoms with Gasteiger partial charge in [-0.05, 0) is 35.5 Å². The van der Waals surface area contributed by atoms with Crippen molar-refractivity contribution >= 4 is 41.0 Å². The Bertz CT molecular complexity index is 1270. The summed E-state index contributed by atoms with van der Waals surface area (Å²) in [6.45, 7) is 0. The monoisotopic (exact) mass is 523 g/mol. The SMILES string of the molecule is COC(=O)C1=C(C(=O)OC)N(c2cc(SC(F)(F)F)ccc2Cl)C(N)=C(C#N)C1c1ccccc1. The molecule has 2 aromatic rings. The van der Waals surface area contributed by atoms with Crippen molar-refractivity contribution in [2.75, 3.05) is 19.1 Å². The molecule has 7 nitrogen and oxygen atoms in total. The standard InChI is InChI=1S/C23H17ClF3N3O4S/c1-33-21(31)18-17(12-6-4-3-5-7-12)14(11-28)20(29)30(19(18)22(32)34-2)16-10-13(8-9-15(16)24)35-23(25,26)27/h3-10,17H,29H2,1-2H3. The fourth-order valence-corrected chi connectivity index (χ4v) is 4.40. The summed E-state index contributed by atoms with van der Waals surface area (Å²) in [5.41, 5.74) is 1.12. The van der Waals surface area contributed by atoms with Gasteiger partial charge in [0.15, 0.2) is 0 Å². The first-order chi connectivity index (χ1) is 16.5. The fourth-order valence-electron chi connectivity index (χ4n) is 3.62. The van der Waals surface area contributed by atoms with Gasteiger partial charge in [-0.25, -0.2) is 9.59 Å². The van der Waals surface area contributed by atoms with Crippen molar-refractivity contribution in [1.82, 2.24) is 0 Å². The number of nitriles is 1. The third-order valence-corrected chi connectivity index (χ3v) is 6.04. The summed E-state index contributed by atoms with van der Waals surface area (Å²) in [4.78, 5) is 26.7. The van der Waals surface area contributed by atoms with E-state index in [1.807, 2.05) is 6.07 Å². The van der Waals surface area contributed by atoms with E-state index in [1.54, 1.807) is 30.3 Å². The minimum absolute atomic E-state index is 0.0967. The summed E-state index contributed by atoms with van der Waals surface area (Å²) in [5.74, 6) is -3.45. The molecular formula is C23H17ClF3N3O4S. The number of nitrogens with zero attached hydrogens (tertiary/aromatic N) is 2. The largest absolute Gasteiger partial charge is 0.466 e. The number of ether oxygens (including phenoxy) is 2. The van der Waals surface area contributed by atoms with Crippen molar-refractivity contribution in [2.24, 2.45) is 5.73 Å². The Morgan fingerprint density at radius 3 is 2.29 bits per heavy atom. The number of nitrogens with two attached hydrogens (primary N) is 1. The molecule has 0 fully saturated rings. The third-order valence-electron chi connectivity index (χ3n) is 5.00. The molecule has 0 amide bonds. The Morgan fingerprint density at radius 2 is 1.74 bits per heavy atom. The van der Waals surface area contributed by atoms with Crippen LogP contribution in [0.4, 0.5) is 18.9 Å². The summed E-state index contributed by atoms with van der Waals surface area (Å²) in [6.07, 6.45) is 0. The van der Waals surface area contributed by atoms with E-state index >= 15 is 0 Å². The second kappa shape index (κ2) is 10.3. The molecule has 1 aliphatic rings. The highest BCUT2D eigenvalue weighted by atomic mass is 35.5. The molecule has 0 spiro atoms. The molecule has 182 valence electrons. The molecule has 0 radical (unpaired) electrons. The average molecular weight is 524 g/mol. The molecule has 0 bridgehead atoms. The van der Waals surface area contributed by atoms with Gasteiger partial charge in [0.2, 0.25) is 0 Å². The van der Waals surface area contributed by atoms with E-state index < -0.39 is 40.8 Å². The topological polar surface area (TPSA) is 106 Å². The lowest BCUT2D eigenvalue weighted by molar-refractivity contribution is -0.139. The lowest BCUT2D eigenvalue weighted by Gasteiger charge is -2.36. The van der Waals surface area contributed by atoms with Crippen LogP contribution < -0.4 is 10.6 Å². The van der Waals surface area contributed by atoms with E-state index in [-0.39, 0.29) is 32.6 Å². The second-order valence-corrected chi connectivity index (χ2v) is 8.54. The quantitative estimate of drug-likeness (QED) is 0.438. The van der Waals surface area contributed by atoms with Crippen LogP contribution in [0.5, 0.6) is 0 Å². The van der Waals surface area contributed by atoms with Crippen molar-refractivity contribution in [3.05, 3.63) is 81.8 Å². The van der Waals surface area contributed by atoms with Crippen LogP contribution in [-0.2, 0) is 19.1 Å².